The topological polar surface area (TPSA) is 93.7 Å². The number of hydrogen-bond donors (Lipinski definition) is 2. The minimum Gasteiger partial charge on any atom is -0.445 e. The fourth-order valence-electron chi connectivity index (χ4n) is 2.79. The second-order valence-electron chi connectivity index (χ2n) is 8.19. The maximum absolute atomic E-state index is 12.9. The number of anilines is 1. The molecule has 2 aromatic carbocycles. The first-order chi connectivity index (χ1) is 15.7. The van der Waals surface area contributed by atoms with E-state index in [1.807, 2.05) is 0 Å². The quantitative estimate of drug-likeness (QED) is 0.464. The third-order valence-electron chi connectivity index (χ3n) is 4.79. The van der Waals surface area contributed by atoms with Gasteiger partial charge in [0.25, 0.3) is 0 Å². The third kappa shape index (κ3) is 10.3. The Morgan fingerprint density at radius 3 is 2.21 bits per heavy atom. The van der Waals surface area contributed by atoms with Gasteiger partial charge >= 0.3 is 6.09 Å². The van der Waals surface area contributed by atoms with Gasteiger partial charge in [-0.2, -0.15) is 0 Å². The van der Waals surface area contributed by atoms with E-state index in [4.69, 9.17) is 9.47 Å². The summed E-state index contributed by atoms with van der Waals surface area (Å²) in [7, 11) is 0. The van der Waals surface area contributed by atoms with Crippen molar-refractivity contribution in [3.63, 3.8) is 0 Å². The first-order valence-corrected chi connectivity index (χ1v) is 10.9. The first-order valence-electron chi connectivity index (χ1n) is 10.9. The number of carbonyl (C=O) groups excluding carboxylic acids is 3. The van der Waals surface area contributed by atoms with Crippen LogP contribution in [0.15, 0.2) is 48.5 Å². The maximum atomic E-state index is 12.9. The van der Waals surface area contributed by atoms with Crippen LogP contribution in [-0.2, 0) is 32.1 Å². The number of nitrogens with one attached hydrogen (secondary N) is 2. The van der Waals surface area contributed by atoms with Crippen LogP contribution in [0.4, 0.5) is 14.9 Å². The van der Waals surface area contributed by atoms with Gasteiger partial charge in [-0.15, -0.1) is 0 Å². The van der Waals surface area contributed by atoms with E-state index < -0.39 is 12.1 Å². The highest BCUT2D eigenvalue weighted by atomic mass is 19.1. The van der Waals surface area contributed by atoms with E-state index in [2.05, 4.69) is 24.5 Å². The molecule has 0 aliphatic carbocycles. The van der Waals surface area contributed by atoms with Crippen LogP contribution in [0.5, 0.6) is 0 Å². The molecule has 0 aliphatic rings. The molecule has 0 spiro atoms. The molecular formula is C25H31FN2O5. The summed E-state index contributed by atoms with van der Waals surface area (Å²) in [5.41, 5.74) is 2.01. The van der Waals surface area contributed by atoms with Crippen LogP contribution >= 0.6 is 0 Å². The second kappa shape index (κ2) is 13.3. The molecule has 178 valence electrons. The van der Waals surface area contributed by atoms with E-state index in [0.717, 1.165) is 6.42 Å². The van der Waals surface area contributed by atoms with E-state index in [9.17, 15) is 18.8 Å². The highest BCUT2D eigenvalue weighted by Crippen LogP contribution is 2.12. The van der Waals surface area contributed by atoms with Crippen molar-refractivity contribution in [3.8, 4) is 0 Å². The molecule has 0 saturated heterocycles. The molecule has 8 heteroatoms. The molecule has 0 unspecified atom stereocenters. The number of hydrogen-bond acceptors (Lipinski definition) is 5. The number of halogens is 1. The Morgan fingerprint density at radius 1 is 0.970 bits per heavy atom. The zero-order chi connectivity index (χ0) is 24.2. The summed E-state index contributed by atoms with van der Waals surface area (Å²) >= 11 is 0. The minimum atomic E-state index is -0.761. The van der Waals surface area contributed by atoms with Crippen LogP contribution in [-0.4, -0.2) is 37.0 Å². The second-order valence-corrected chi connectivity index (χ2v) is 8.19. The Morgan fingerprint density at radius 2 is 1.61 bits per heavy atom. The van der Waals surface area contributed by atoms with Crippen molar-refractivity contribution >= 4 is 23.5 Å². The van der Waals surface area contributed by atoms with Crippen LogP contribution < -0.4 is 10.6 Å². The van der Waals surface area contributed by atoms with E-state index in [-0.39, 0.29) is 37.1 Å². The van der Waals surface area contributed by atoms with Crippen LogP contribution in [0.1, 0.15) is 38.3 Å². The SMILES string of the molecule is CC(=O)[C@H](COCCC(C)C)NC(=O)OCc1ccc(NC(=O)Cc2ccc(F)cc2)cc1. The number of alkyl carbamates (subject to hydrolysis) is 1. The predicted octanol–water partition coefficient (Wildman–Crippen LogP) is 4.25. The number of ether oxygens (including phenoxy) is 2. The van der Waals surface area contributed by atoms with E-state index >= 15 is 0 Å². The lowest BCUT2D eigenvalue weighted by Gasteiger charge is -2.16. The van der Waals surface area contributed by atoms with Crippen molar-refractivity contribution in [1.29, 1.82) is 0 Å². The Kier molecular flexibility index (Phi) is 10.5. The average molecular weight is 459 g/mol. The number of benzene rings is 2. The molecule has 7 nitrogen and oxygen atoms in total. The summed E-state index contributed by atoms with van der Waals surface area (Å²) in [4.78, 5) is 35.9. The lowest BCUT2D eigenvalue weighted by molar-refractivity contribution is -0.120. The predicted molar refractivity (Wildman–Crippen MR) is 123 cm³/mol. The third-order valence-corrected chi connectivity index (χ3v) is 4.79. The van der Waals surface area contributed by atoms with E-state index in [1.165, 1.54) is 19.1 Å². The van der Waals surface area contributed by atoms with Crippen molar-refractivity contribution in [3.05, 3.63) is 65.5 Å². The van der Waals surface area contributed by atoms with Crippen molar-refractivity contribution in [2.24, 2.45) is 5.92 Å². The van der Waals surface area contributed by atoms with Crippen molar-refractivity contribution in [2.75, 3.05) is 18.5 Å². The smallest absolute Gasteiger partial charge is 0.408 e. The largest absolute Gasteiger partial charge is 0.445 e. The molecule has 0 aliphatic heterocycles. The standard InChI is InChI=1S/C25H31FN2O5/c1-17(2)12-13-32-16-23(18(3)29)28-25(31)33-15-20-6-10-22(11-7-20)27-24(30)14-19-4-8-21(26)9-5-19/h4-11,17,23H,12-16H2,1-3H3,(H,27,30)(H,28,31)/t23-/m0/s1. The summed E-state index contributed by atoms with van der Waals surface area (Å²) in [6.07, 6.45) is 0.293. The van der Waals surface area contributed by atoms with Crippen LogP contribution in [0.2, 0.25) is 0 Å². The zero-order valence-electron chi connectivity index (χ0n) is 19.2. The van der Waals surface area contributed by atoms with Crippen molar-refractivity contribution in [2.45, 2.75) is 46.3 Å². The summed E-state index contributed by atoms with van der Waals surface area (Å²) in [6.45, 7) is 6.18. The van der Waals surface area contributed by atoms with Crippen molar-refractivity contribution < 1.29 is 28.2 Å². The molecule has 0 fully saturated rings. The number of rotatable bonds is 12. The zero-order valence-corrected chi connectivity index (χ0v) is 19.2. The molecule has 2 aromatic rings. The molecule has 2 amide bonds. The summed E-state index contributed by atoms with van der Waals surface area (Å²) < 4.78 is 23.6. The van der Waals surface area contributed by atoms with Gasteiger partial charge in [-0.1, -0.05) is 38.1 Å². The average Bonchev–Trinajstić information content (AvgIpc) is 2.76. The number of carbonyl (C=O) groups is 3. The molecule has 0 saturated carbocycles. The Bertz CT molecular complexity index is 913. The summed E-state index contributed by atoms with van der Waals surface area (Å²) in [6, 6.07) is 11.8. The van der Waals surface area contributed by atoms with Gasteiger partial charge in [-0.3, -0.25) is 9.59 Å². The van der Waals surface area contributed by atoms with Gasteiger partial charge in [-0.05, 0) is 54.7 Å². The van der Waals surface area contributed by atoms with Gasteiger partial charge in [0.15, 0.2) is 5.78 Å². The fourth-order valence-corrected chi connectivity index (χ4v) is 2.79. The highest BCUT2D eigenvalue weighted by molar-refractivity contribution is 5.92. The molecule has 0 radical (unpaired) electrons. The van der Waals surface area contributed by atoms with E-state index in [0.29, 0.717) is 29.3 Å². The summed E-state index contributed by atoms with van der Waals surface area (Å²) in [5, 5.41) is 5.29. The van der Waals surface area contributed by atoms with Crippen molar-refractivity contribution in [1.82, 2.24) is 5.32 Å². The summed E-state index contributed by atoms with van der Waals surface area (Å²) in [5.74, 6) is -0.293. The van der Waals surface area contributed by atoms with Gasteiger partial charge in [-0.25, -0.2) is 9.18 Å². The minimum absolute atomic E-state index is 0.00840. The normalized spacial score (nSPS) is 11.7. The molecule has 33 heavy (non-hydrogen) atoms. The number of Topliss-reactive ketones (excluding diaryl/α,β-unsaturated/α-hetero) is 1. The maximum Gasteiger partial charge on any atom is 0.408 e. The van der Waals surface area contributed by atoms with Crippen LogP contribution in [0, 0.1) is 11.7 Å². The molecule has 0 bridgehead atoms. The monoisotopic (exact) mass is 458 g/mol. The molecular weight excluding hydrogens is 427 g/mol. The van der Waals surface area contributed by atoms with Gasteiger partial charge in [0, 0.05) is 12.3 Å². The van der Waals surface area contributed by atoms with Gasteiger partial charge in [0.1, 0.15) is 18.5 Å². The highest BCUT2D eigenvalue weighted by Gasteiger charge is 2.18. The molecule has 1 atom stereocenters. The fraction of sp³-hybridized carbons (Fsp3) is 0.400. The molecule has 2 rings (SSSR count). The molecule has 0 aromatic heterocycles. The first kappa shape index (κ1) is 26.0. The lowest BCUT2D eigenvalue weighted by Crippen LogP contribution is -2.43. The van der Waals surface area contributed by atoms with Gasteiger partial charge < -0.3 is 20.1 Å². The number of ketones is 1. The van der Waals surface area contributed by atoms with E-state index in [1.54, 1.807) is 36.4 Å². The molecule has 2 N–H and O–H groups in total. The van der Waals surface area contributed by atoms with Crippen LogP contribution in [0.3, 0.4) is 0 Å². The molecule has 0 heterocycles. The Hall–Kier alpha value is -3.26. The Labute approximate surface area is 193 Å². The van der Waals surface area contributed by atoms with Crippen LogP contribution in [0.25, 0.3) is 0 Å². The lowest BCUT2D eigenvalue weighted by atomic mass is 10.1. The number of amides is 2. The Balaban J connectivity index is 1.75. The van der Waals surface area contributed by atoms with Gasteiger partial charge in [0.05, 0.1) is 13.0 Å². The van der Waals surface area contributed by atoms with Gasteiger partial charge in [0.2, 0.25) is 5.91 Å².